The zero-order valence-electron chi connectivity index (χ0n) is 10.4. The molecule has 0 bridgehead atoms. The van der Waals surface area contributed by atoms with Gasteiger partial charge in [-0.25, -0.2) is 0 Å². The first-order valence-electron chi connectivity index (χ1n) is 6.01. The molecule has 2 heterocycles. The third-order valence-corrected chi connectivity index (χ3v) is 3.25. The summed E-state index contributed by atoms with van der Waals surface area (Å²) in [6, 6.07) is 7.53. The Hall–Kier alpha value is -2.37. The summed E-state index contributed by atoms with van der Waals surface area (Å²) in [5, 5.41) is 13.0. The van der Waals surface area contributed by atoms with Gasteiger partial charge in [-0.15, -0.1) is 0 Å². The summed E-state index contributed by atoms with van der Waals surface area (Å²) in [6.07, 6.45) is 0. The Morgan fingerprint density at radius 2 is 2.32 bits per heavy atom. The van der Waals surface area contributed by atoms with Crippen molar-refractivity contribution in [3.63, 3.8) is 0 Å². The molecule has 0 aliphatic carbocycles. The van der Waals surface area contributed by atoms with Crippen LogP contribution in [0.2, 0.25) is 0 Å². The molecular formula is C13H13N3O3. The predicted octanol–water partition coefficient (Wildman–Crippen LogP) is 1.57. The first-order chi connectivity index (χ1) is 9.15. The van der Waals surface area contributed by atoms with Crippen LogP contribution < -0.4 is 4.90 Å². The Morgan fingerprint density at radius 1 is 1.53 bits per heavy atom. The van der Waals surface area contributed by atoms with Gasteiger partial charge >= 0.3 is 5.97 Å². The van der Waals surface area contributed by atoms with Gasteiger partial charge in [-0.3, -0.25) is 4.79 Å². The molecule has 1 aromatic heterocycles. The van der Waals surface area contributed by atoms with Gasteiger partial charge in [0.05, 0.1) is 6.54 Å². The van der Waals surface area contributed by atoms with Crippen molar-refractivity contribution in [3.05, 3.63) is 41.5 Å². The van der Waals surface area contributed by atoms with E-state index in [2.05, 4.69) is 10.1 Å². The van der Waals surface area contributed by atoms with Crippen LogP contribution in [0.3, 0.4) is 0 Å². The fraction of sp³-hybridized carbons (Fsp3) is 0.308. The van der Waals surface area contributed by atoms with E-state index in [0.29, 0.717) is 24.8 Å². The summed E-state index contributed by atoms with van der Waals surface area (Å²) < 4.78 is 5.09. The van der Waals surface area contributed by atoms with Crippen molar-refractivity contribution in [2.45, 2.75) is 19.4 Å². The average molecular weight is 259 g/mol. The van der Waals surface area contributed by atoms with E-state index >= 15 is 0 Å². The van der Waals surface area contributed by atoms with Crippen LogP contribution in [0.5, 0.6) is 0 Å². The lowest BCUT2D eigenvalue weighted by atomic mass is 10.0. The largest absolute Gasteiger partial charge is 0.481 e. The molecule has 6 heteroatoms. The quantitative estimate of drug-likeness (QED) is 0.901. The summed E-state index contributed by atoms with van der Waals surface area (Å²) in [5.41, 5.74) is 1.76. The molecule has 0 amide bonds. The molecule has 1 atom stereocenters. The molecular weight excluding hydrogens is 246 g/mol. The Labute approximate surface area is 109 Å². The first kappa shape index (κ1) is 11.7. The average Bonchev–Trinajstić information content (AvgIpc) is 2.95. The highest BCUT2D eigenvalue weighted by Gasteiger charge is 2.33. The fourth-order valence-electron chi connectivity index (χ4n) is 2.42. The van der Waals surface area contributed by atoms with Crippen LogP contribution in [-0.2, 0) is 11.3 Å². The lowest BCUT2D eigenvalue weighted by Crippen LogP contribution is -2.24. The summed E-state index contributed by atoms with van der Waals surface area (Å²) in [5.74, 6) is -0.229. The standard InChI is InChI=1S/C13H13N3O3/c1-8-14-12(19-15-8)7-16-6-10(13(17)18)9-4-2-3-5-11(9)16/h2-5,10H,6-7H2,1H3,(H,17,18). The van der Waals surface area contributed by atoms with Gasteiger partial charge < -0.3 is 14.5 Å². The van der Waals surface area contributed by atoms with Gasteiger partial charge in [-0.2, -0.15) is 4.98 Å². The normalized spacial score (nSPS) is 17.5. The molecule has 0 saturated carbocycles. The molecule has 1 aliphatic heterocycles. The topological polar surface area (TPSA) is 79.5 Å². The van der Waals surface area contributed by atoms with Crippen molar-refractivity contribution in [3.8, 4) is 0 Å². The van der Waals surface area contributed by atoms with Crippen molar-refractivity contribution in [2.75, 3.05) is 11.4 Å². The lowest BCUT2D eigenvalue weighted by molar-refractivity contribution is -0.138. The Bertz CT molecular complexity index is 623. The number of rotatable bonds is 3. The van der Waals surface area contributed by atoms with Crippen LogP contribution in [0.25, 0.3) is 0 Å². The number of nitrogens with zero attached hydrogens (tertiary/aromatic N) is 3. The molecule has 0 saturated heterocycles. The number of fused-ring (bicyclic) bond motifs is 1. The number of anilines is 1. The van der Waals surface area contributed by atoms with Crippen molar-refractivity contribution in [1.29, 1.82) is 0 Å². The van der Waals surface area contributed by atoms with E-state index in [4.69, 9.17) is 4.52 Å². The van der Waals surface area contributed by atoms with Crippen molar-refractivity contribution in [2.24, 2.45) is 0 Å². The highest BCUT2D eigenvalue weighted by Crippen LogP contribution is 2.36. The number of aliphatic carboxylic acids is 1. The molecule has 19 heavy (non-hydrogen) atoms. The molecule has 6 nitrogen and oxygen atoms in total. The number of carboxylic acids is 1. The predicted molar refractivity (Wildman–Crippen MR) is 66.9 cm³/mol. The van der Waals surface area contributed by atoms with Crippen LogP contribution >= 0.6 is 0 Å². The highest BCUT2D eigenvalue weighted by molar-refractivity contribution is 5.82. The highest BCUT2D eigenvalue weighted by atomic mass is 16.5. The molecule has 1 unspecified atom stereocenters. The van der Waals surface area contributed by atoms with Crippen LogP contribution in [0.15, 0.2) is 28.8 Å². The SMILES string of the molecule is Cc1noc(CN2CC(C(=O)O)c3ccccc32)n1. The van der Waals surface area contributed by atoms with Crippen LogP contribution in [0, 0.1) is 6.92 Å². The van der Waals surface area contributed by atoms with Gasteiger partial charge in [0.15, 0.2) is 5.82 Å². The second-order valence-corrected chi connectivity index (χ2v) is 4.57. The molecule has 3 rings (SSSR count). The van der Waals surface area contributed by atoms with Gasteiger partial charge in [0.1, 0.15) is 5.92 Å². The van der Waals surface area contributed by atoms with Gasteiger partial charge in [0.25, 0.3) is 0 Å². The number of carbonyl (C=O) groups is 1. The summed E-state index contributed by atoms with van der Waals surface area (Å²) >= 11 is 0. The monoisotopic (exact) mass is 259 g/mol. The third-order valence-electron chi connectivity index (χ3n) is 3.25. The molecule has 1 aliphatic rings. The van der Waals surface area contributed by atoms with Crippen molar-refractivity contribution >= 4 is 11.7 Å². The third kappa shape index (κ3) is 2.05. The summed E-state index contributed by atoms with van der Waals surface area (Å²) in [6.45, 7) is 2.61. The van der Waals surface area contributed by atoms with Crippen LogP contribution in [0.1, 0.15) is 23.2 Å². The maximum Gasteiger partial charge on any atom is 0.312 e. The van der Waals surface area contributed by atoms with Gasteiger partial charge in [0, 0.05) is 12.2 Å². The Kier molecular flexibility index (Phi) is 2.70. The number of hydrogen-bond donors (Lipinski definition) is 1. The number of aromatic nitrogens is 2. The van der Waals surface area contributed by atoms with Crippen LogP contribution in [-0.4, -0.2) is 27.8 Å². The van der Waals surface area contributed by atoms with E-state index in [-0.39, 0.29) is 0 Å². The fourth-order valence-corrected chi connectivity index (χ4v) is 2.42. The summed E-state index contributed by atoms with van der Waals surface area (Å²) in [7, 11) is 0. The van der Waals surface area contributed by atoms with Crippen molar-refractivity contribution in [1.82, 2.24) is 10.1 Å². The van der Waals surface area contributed by atoms with Crippen molar-refractivity contribution < 1.29 is 14.4 Å². The summed E-state index contributed by atoms with van der Waals surface area (Å²) in [4.78, 5) is 17.4. The van der Waals surface area contributed by atoms with E-state index < -0.39 is 11.9 Å². The number of para-hydroxylation sites is 1. The Balaban J connectivity index is 1.90. The zero-order chi connectivity index (χ0) is 13.4. The first-order valence-corrected chi connectivity index (χ1v) is 6.01. The number of benzene rings is 1. The van der Waals surface area contributed by atoms with E-state index in [1.165, 1.54) is 0 Å². The van der Waals surface area contributed by atoms with Crippen LogP contribution in [0.4, 0.5) is 5.69 Å². The van der Waals surface area contributed by atoms with Gasteiger partial charge in [-0.1, -0.05) is 23.4 Å². The van der Waals surface area contributed by atoms with Gasteiger partial charge in [-0.05, 0) is 18.6 Å². The number of aryl methyl sites for hydroxylation is 1. The molecule has 0 spiro atoms. The van der Waals surface area contributed by atoms with E-state index in [1.807, 2.05) is 29.2 Å². The molecule has 98 valence electrons. The molecule has 1 N–H and O–H groups in total. The number of carboxylic acid groups (broad SMARTS) is 1. The molecule has 0 fully saturated rings. The second-order valence-electron chi connectivity index (χ2n) is 4.57. The maximum atomic E-state index is 11.3. The molecule has 0 radical (unpaired) electrons. The van der Waals surface area contributed by atoms with E-state index in [9.17, 15) is 9.90 Å². The molecule has 1 aromatic carbocycles. The lowest BCUT2D eigenvalue weighted by Gasteiger charge is -2.16. The smallest absolute Gasteiger partial charge is 0.312 e. The minimum atomic E-state index is -0.809. The zero-order valence-corrected chi connectivity index (χ0v) is 10.4. The molecule has 2 aromatic rings. The van der Waals surface area contributed by atoms with E-state index in [1.54, 1.807) is 6.92 Å². The minimum absolute atomic E-state index is 0.427. The Morgan fingerprint density at radius 3 is 3.00 bits per heavy atom. The number of hydrogen-bond acceptors (Lipinski definition) is 5. The van der Waals surface area contributed by atoms with Gasteiger partial charge in [0.2, 0.25) is 5.89 Å². The second kappa shape index (κ2) is 4.38. The van der Waals surface area contributed by atoms with E-state index in [0.717, 1.165) is 11.3 Å². The minimum Gasteiger partial charge on any atom is -0.481 e. The maximum absolute atomic E-state index is 11.3.